The molecule has 0 saturated carbocycles. The van der Waals surface area contributed by atoms with Crippen LogP contribution in [0, 0.1) is 0 Å². The van der Waals surface area contributed by atoms with E-state index in [-0.39, 0.29) is 6.10 Å². The van der Waals surface area contributed by atoms with Crippen molar-refractivity contribution in [3.63, 3.8) is 0 Å². The smallest absolute Gasteiger partial charge is 0.117 e. The van der Waals surface area contributed by atoms with Crippen molar-refractivity contribution in [2.24, 2.45) is 0 Å². The number of furan rings is 1. The first-order valence-electron chi connectivity index (χ1n) is 6.71. The van der Waals surface area contributed by atoms with E-state index in [1.165, 1.54) is 5.56 Å². The zero-order chi connectivity index (χ0) is 13.5. The number of aliphatic hydroxyl groups excluding tert-OH is 1. The molecule has 0 aromatic carbocycles. The van der Waals surface area contributed by atoms with Crippen LogP contribution in [-0.4, -0.2) is 22.7 Å². The lowest BCUT2D eigenvalue weighted by Gasteiger charge is -2.23. The molecule has 1 N–H and O–H groups in total. The van der Waals surface area contributed by atoms with Gasteiger partial charge in [0.25, 0.3) is 0 Å². The van der Waals surface area contributed by atoms with E-state index in [9.17, 15) is 5.11 Å². The summed E-state index contributed by atoms with van der Waals surface area (Å²) in [5.41, 5.74) is 1.29. The molecule has 104 valence electrons. The molecule has 0 aliphatic rings. The summed E-state index contributed by atoms with van der Waals surface area (Å²) in [6, 6.07) is 6.01. The van der Waals surface area contributed by atoms with Crippen molar-refractivity contribution in [2.75, 3.05) is 6.54 Å². The summed E-state index contributed by atoms with van der Waals surface area (Å²) in [6.45, 7) is 4.37. The number of aliphatic hydroxyl groups is 1. The fraction of sp³-hybridized carbons (Fsp3) is 0.467. The lowest BCUT2D eigenvalue weighted by Crippen LogP contribution is -2.31. The summed E-state index contributed by atoms with van der Waals surface area (Å²) in [4.78, 5) is 2.24. The molecule has 0 amide bonds. The normalized spacial score (nSPS) is 13.0. The van der Waals surface area contributed by atoms with E-state index in [0.717, 1.165) is 31.7 Å². The van der Waals surface area contributed by atoms with Crippen molar-refractivity contribution in [2.45, 2.75) is 39.0 Å². The Hall–Kier alpha value is -1.10. The molecule has 0 fully saturated rings. The van der Waals surface area contributed by atoms with Crippen LogP contribution in [0.25, 0.3) is 0 Å². The average Bonchev–Trinajstić information content (AvgIpc) is 3.02. The van der Waals surface area contributed by atoms with Crippen molar-refractivity contribution < 1.29 is 9.52 Å². The van der Waals surface area contributed by atoms with Gasteiger partial charge in [0.05, 0.1) is 18.9 Å². The third-order valence-corrected chi connectivity index (χ3v) is 3.77. The second-order valence-electron chi connectivity index (χ2n) is 4.82. The zero-order valence-corrected chi connectivity index (χ0v) is 12.1. The van der Waals surface area contributed by atoms with Gasteiger partial charge in [-0.25, -0.2) is 0 Å². The van der Waals surface area contributed by atoms with E-state index >= 15 is 0 Å². The molecule has 0 aliphatic carbocycles. The maximum atomic E-state index is 10.0. The fourth-order valence-corrected chi connectivity index (χ4v) is 2.83. The average molecular weight is 279 g/mol. The topological polar surface area (TPSA) is 36.6 Å². The number of nitrogens with zero attached hydrogens (tertiary/aromatic N) is 1. The maximum Gasteiger partial charge on any atom is 0.117 e. The molecule has 0 bridgehead atoms. The van der Waals surface area contributed by atoms with Gasteiger partial charge in [0.2, 0.25) is 0 Å². The highest BCUT2D eigenvalue weighted by atomic mass is 32.1. The highest BCUT2D eigenvalue weighted by molar-refractivity contribution is 7.07. The molecule has 19 heavy (non-hydrogen) atoms. The van der Waals surface area contributed by atoms with Crippen LogP contribution in [0.15, 0.2) is 39.6 Å². The molecule has 0 saturated heterocycles. The number of rotatable bonds is 8. The fourth-order valence-electron chi connectivity index (χ4n) is 2.17. The SMILES string of the molecule is CCCC(O)CN(Cc1ccsc1)Cc1ccco1. The molecule has 0 aliphatic heterocycles. The van der Waals surface area contributed by atoms with Gasteiger partial charge in [-0.05, 0) is 40.9 Å². The Morgan fingerprint density at radius 3 is 2.89 bits per heavy atom. The predicted octanol–water partition coefficient (Wildman–Crippen LogP) is 3.50. The van der Waals surface area contributed by atoms with Crippen LogP contribution in [0.1, 0.15) is 31.1 Å². The Morgan fingerprint density at radius 1 is 1.37 bits per heavy atom. The lowest BCUT2D eigenvalue weighted by molar-refractivity contribution is 0.0933. The van der Waals surface area contributed by atoms with Gasteiger partial charge in [0.15, 0.2) is 0 Å². The van der Waals surface area contributed by atoms with Crippen LogP contribution in [0.2, 0.25) is 0 Å². The van der Waals surface area contributed by atoms with E-state index < -0.39 is 0 Å². The third-order valence-electron chi connectivity index (χ3n) is 3.04. The monoisotopic (exact) mass is 279 g/mol. The quantitative estimate of drug-likeness (QED) is 0.803. The van der Waals surface area contributed by atoms with Gasteiger partial charge in [0, 0.05) is 13.1 Å². The number of hydrogen-bond acceptors (Lipinski definition) is 4. The van der Waals surface area contributed by atoms with Crippen molar-refractivity contribution in [1.29, 1.82) is 0 Å². The molecular formula is C15H21NO2S. The highest BCUT2D eigenvalue weighted by Gasteiger charge is 2.13. The molecule has 4 heteroatoms. The van der Waals surface area contributed by atoms with Gasteiger partial charge in [-0.3, -0.25) is 4.90 Å². The summed E-state index contributed by atoms with van der Waals surface area (Å²) in [5, 5.41) is 14.2. The van der Waals surface area contributed by atoms with Crippen LogP contribution < -0.4 is 0 Å². The van der Waals surface area contributed by atoms with Crippen LogP contribution in [0.4, 0.5) is 0 Å². The molecule has 2 heterocycles. The third kappa shape index (κ3) is 4.82. The first-order valence-corrected chi connectivity index (χ1v) is 7.66. The Morgan fingerprint density at radius 2 is 2.26 bits per heavy atom. The van der Waals surface area contributed by atoms with E-state index in [4.69, 9.17) is 4.42 Å². The summed E-state index contributed by atoms with van der Waals surface area (Å²) >= 11 is 1.71. The molecule has 2 aromatic heterocycles. The predicted molar refractivity (Wildman–Crippen MR) is 78.1 cm³/mol. The maximum absolute atomic E-state index is 10.0. The Kier molecular flexibility index (Phi) is 5.63. The number of hydrogen-bond donors (Lipinski definition) is 1. The first-order chi connectivity index (χ1) is 9.28. The van der Waals surface area contributed by atoms with Crippen molar-refractivity contribution in [3.05, 3.63) is 46.5 Å². The molecule has 2 aromatic rings. The Labute approximate surface area is 118 Å². The van der Waals surface area contributed by atoms with Gasteiger partial charge >= 0.3 is 0 Å². The zero-order valence-electron chi connectivity index (χ0n) is 11.3. The second kappa shape index (κ2) is 7.48. The summed E-state index contributed by atoms with van der Waals surface area (Å²) in [6.07, 6.45) is 3.28. The van der Waals surface area contributed by atoms with E-state index in [1.54, 1.807) is 17.6 Å². The molecule has 3 nitrogen and oxygen atoms in total. The lowest BCUT2D eigenvalue weighted by atomic mass is 10.2. The van der Waals surface area contributed by atoms with Gasteiger partial charge < -0.3 is 9.52 Å². The van der Waals surface area contributed by atoms with E-state index in [0.29, 0.717) is 6.54 Å². The van der Waals surface area contributed by atoms with Gasteiger partial charge in [-0.1, -0.05) is 13.3 Å². The molecule has 1 atom stereocenters. The Bertz CT molecular complexity index is 402. The Balaban J connectivity index is 1.95. The molecule has 1 unspecified atom stereocenters. The summed E-state index contributed by atoms with van der Waals surface area (Å²) < 4.78 is 5.40. The number of thiophene rings is 1. The van der Waals surface area contributed by atoms with Crippen LogP contribution in [0.3, 0.4) is 0 Å². The molecular weight excluding hydrogens is 258 g/mol. The van der Waals surface area contributed by atoms with Crippen molar-refractivity contribution in [1.82, 2.24) is 4.90 Å². The van der Waals surface area contributed by atoms with E-state index in [1.807, 2.05) is 12.1 Å². The minimum atomic E-state index is -0.265. The van der Waals surface area contributed by atoms with Gasteiger partial charge in [0.1, 0.15) is 5.76 Å². The van der Waals surface area contributed by atoms with Crippen molar-refractivity contribution in [3.8, 4) is 0 Å². The minimum absolute atomic E-state index is 0.265. The summed E-state index contributed by atoms with van der Waals surface area (Å²) in [5.74, 6) is 0.943. The molecule has 2 rings (SSSR count). The van der Waals surface area contributed by atoms with Gasteiger partial charge in [-0.15, -0.1) is 0 Å². The first kappa shape index (κ1) is 14.3. The second-order valence-corrected chi connectivity index (χ2v) is 5.60. The highest BCUT2D eigenvalue weighted by Crippen LogP contribution is 2.14. The molecule has 0 radical (unpaired) electrons. The minimum Gasteiger partial charge on any atom is -0.468 e. The van der Waals surface area contributed by atoms with Crippen LogP contribution in [0.5, 0.6) is 0 Å². The van der Waals surface area contributed by atoms with E-state index in [2.05, 4.69) is 28.7 Å². The largest absolute Gasteiger partial charge is 0.468 e. The van der Waals surface area contributed by atoms with Gasteiger partial charge in [-0.2, -0.15) is 11.3 Å². The summed E-state index contributed by atoms with van der Waals surface area (Å²) in [7, 11) is 0. The molecule has 0 spiro atoms. The van der Waals surface area contributed by atoms with Crippen LogP contribution in [-0.2, 0) is 13.1 Å². The van der Waals surface area contributed by atoms with Crippen molar-refractivity contribution >= 4 is 11.3 Å². The standard InChI is InChI=1S/C15H21NO2S/c1-2-4-14(17)10-16(9-13-6-8-19-12-13)11-15-5-3-7-18-15/h3,5-8,12,14,17H,2,4,9-11H2,1H3. The van der Waals surface area contributed by atoms with Crippen LogP contribution >= 0.6 is 11.3 Å².